The van der Waals surface area contributed by atoms with Crippen molar-refractivity contribution in [1.82, 2.24) is 0 Å². The summed E-state index contributed by atoms with van der Waals surface area (Å²) in [6.45, 7) is 1.90. The molecule has 0 aliphatic heterocycles. The fourth-order valence-corrected chi connectivity index (χ4v) is 1.35. The highest BCUT2D eigenvalue weighted by Gasteiger charge is 2.05. The van der Waals surface area contributed by atoms with Crippen LogP contribution >= 0.6 is 24.0 Å². The average molecular weight is 222 g/mol. The van der Waals surface area contributed by atoms with Gasteiger partial charge in [-0.15, -0.1) is 12.4 Å². The minimum absolute atomic E-state index is 0. The number of rotatable bonds is 2. The van der Waals surface area contributed by atoms with E-state index >= 15 is 0 Å². The van der Waals surface area contributed by atoms with Gasteiger partial charge in [-0.3, -0.25) is 0 Å². The lowest BCUT2D eigenvalue weighted by atomic mass is 10.1. The third-order valence-electron chi connectivity index (χ3n) is 1.70. The summed E-state index contributed by atoms with van der Waals surface area (Å²) < 4.78 is 5.00. The van der Waals surface area contributed by atoms with Crippen molar-refractivity contribution in [1.29, 1.82) is 0 Å². The van der Waals surface area contributed by atoms with Crippen LogP contribution in [0.2, 0.25) is 5.02 Å². The molecular formula is C9H13Cl2NO. The van der Waals surface area contributed by atoms with Gasteiger partial charge in [-0.05, 0) is 24.6 Å². The van der Waals surface area contributed by atoms with Crippen molar-refractivity contribution in [2.75, 3.05) is 7.11 Å². The molecule has 2 nitrogen and oxygen atoms in total. The Kier molecular flexibility index (Phi) is 5.14. The molecule has 0 fully saturated rings. The first-order valence-corrected chi connectivity index (χ1v) is 4.12. The molecule has 74 valence electrons. The zero-order valence-electron chi connectivity index (χ0n) is 7.58. The molecule has 0 unspecified atom stereocenters. The van der Waals surface area contributed by atoms with Gasteiger partial charge in [-0.1, -0.05) is 17.7 Å². The summed E-state index contributed by atoms with van der Waals surface area (Å²) in [7, 11) is 1.61. The summed E-state index contributed by atoms with van der Waals surface area (Å²) >= 11 is 5.94. The molecule has 0 amide bonds. The molecule has 1 aromatic carbocycles. The Morgan fingerprint density at radius 2 is 2.08 bits per heavy atom. The van der Waals surface area contributed by atoms with E-state index in [1.54, 1.807) is 13.2 Å². The molecule has 4 heteroatoms. The molecule has 0 saturated heterocycles. The highest BCUT2D eigenvalue weighted by Crippen LogP contribution is 2.25. The fraction of sp³-hybridized carbons (Fsp3) is 0.333. The van der Waals surface area contributed by atoms with Crippen LogP contribution in [0.25, 0.3) is 0 Å². The number of nitrogens with two attached hydrogens (primary N) is 1. The van der Waals surface area contributed by atoms with Gasteiger partial charge in [0.05, 0.1) is 7.11 Å². The normalized spacial score (nSPS) is 11.7. The molecule has 0 aliphatic carbocycles. The van der Waals surface area contributed by atoms with Crippen molar-refractivity contribution >= 4 is 24.0 Å². The van der Waals surface area contributed by atoms with Crippen LogP contribution in [0.1, 0.15) is 18.5 Å². The van der Waals surface area contributed by atoms with E-state index < -0.39 is 0 Å². The first kappa shape index (κ1) is 12.6. The minimum atomic E-state index is -0.0385. The lowest BCUT2D eigenvalue weighted by Crippen LogP contribution is -2.05. The molecule has 0 aromatic heterocycles. The smallest absolute Gasteiger partial charge is 0.120 e. The summed E-state index contributed by atoms with van der Waals surface area (Å²) in [5.41, 5.74) is 6.62. The Bertz CT molecular complexity index is 276. The Morgan fingerprint density at radius 1 is 1.46 bits per heavy atom. The van der Waals surface area contributed by atoms with Crippen molar-refractivity contribution in [3.63, 3.8) is 0 Å². The van der Waals surface area contributed by atoms with E-state index in [1.807, 2.05) is 19.1 Å². The summed E-state index contributed by atoms with van der Waals surface area (Å²) in [5.74, 6) is 0.754. The van der Waals surface area contributed by atoms with Crippen LogP contribution in [0.4, 0.5) is 0 Å². The Hall–Kier alpha value is -0.440. The molecule has 0 bridgehead atoms. The highest BCUT2D eigenvalue weighted by molar-refractivity contribution is 6.31. The van der Waals surface area contributed by atoms with Crippen molar-refractivity contribution in [3.05, 3.63) is 28.8 Å². The minimum Gasteiger partial charge on any atom is -0.497 e. The first-order chi connectivity index (χ1) is 5.65. The van der Waals surface area contributed by atoms with Gasteiger partial charge >= 0.3 is 0 Å². The van der Waals surface area contributed by atoms with E-state index in [1.165, 1.54) is 0 Å². The maximum Gasteiger partial charge on any atom is 0.120 e. The molecule has 1 aromatic rings. The van der Waals surface area contributed by atoms with Crippen molar-refractivity contribution < 1.29 is 4.74 Å². The predicted molar refractivity (Wildman–Crippen MR) is 57.9 cm³/mol. The number of ether oxygens (including phenoxy) is 1. The topological polar surface area (TPSA) is 35.2 Å². The molecule has 0 radical (unpaired) electrons. The average Bonchev–Trinajstić information content (AvgIpc) is 2.03. The zero-order valence-corrected chi connectivity index (χ0v) is 9.15. The first-order valence-electron chi connectivity index (χ1n) is 3.74. The van der Waals surface area contributed by atoms with Gasteiger partial charge < -0.3 is 10.5 Å². The third kappa shape index (κ3) is 3.07. The Balaban J connectivity index is 0.00000144. The number of hydrogen-bond donors (Lipinski definition) is 1. The second-order valence-electron chi connectivity index (χ2n) is 2.68. The van der Waals surface area contributed by atoms with Gasteiger partial charge in [0, 0.05) is 11.1 Å². The van der Waals surface area contributed by atoms with Crippen LogP contribution in [0.15, 0.2) is 18.2 Å². The molecule has 0 spiro atoms. The van der Waals surface area contributed by atoms with Crippen molar-refractivity contribution in [2.45, 2.75) is 13.0 Å². The molecule has 1 rings (SSSR count). The van der Waals surface area contributed by atoms with Crippen LogP contribution in [0.3, 0.4) is 0 Å². The summed E-state index contributed by atoms with van der Waals surface area (Å²) in [6.07, 6.45) is 0. The zero-order chi connectivity index (χ0) is 9.14. The van der Waals surface area contributed by atoms with Gasteiger partial charge in [0.25, 0.3) is 0 Å². The van der Waals surface area contributed by atoms with Crippen LogP contribution in [-0.4, -0.2) is 7.11 Å². The summed E-state index contributed by atoms with van der Waals surface area (Å²) in [4.78, 5) is 0. The standard InChI is InChI=1S/C9H12ClNO.ClH/c1-6(11)8-4-3-7(12-2)5-9(8)10;/h3-6H,11H2,1-2H3;1H/t6-;/m1./s1. The molecular weight excluding hydrogens is 209 g/mol. The van der Waals surface area contributed by atoms with Crippen LogP contribution in [-0.2, 0) is 0 Å². The molecule has 2 N–H and O–H groups in total. The highest BCUT2D eigenvalue weighted by atomic mass is 35.5. The second kappa shape index (κ2) is 5.32. The van der Waals surface area contributed by atoms with Crippen LogP contribution in [0.5, 0.6) is 5.75 Å². The molecule has 0 aliphatic rings. The van der Waals surface area contributed by atoms with Gasteiger partial charge in [-0.25, -0.2) is 0 Å². The maximum absolute atomic E-state index is 5.94. The van der Waals surface area contributed by atoms with Gasteiger partial charge in [0.1, 0.15) is 5.75 Å². The largest absolute Gasteiger partial charge is 0.497 e. The second-order valence-corrected chi connectivity index (χ2v) is 3.08. The molecule has 0 saturated carbocycles. The van der Waals surface area contributed by atoms with Crippen LogP contribution < -0.4 is 10.5 Å². The maximum atomic E-state index is 5.94. The molecule has 0 heterocycles. The van der Waals surface area contributed by atoms with E-state index in [0.29, 0.717) is 5.02 Å². The lowest BCUT2D eigenvalue weighted by molar-refractivity contribution is 0.414. The third-order valence-corrected chi connectivity index (χ3v) is 2.03. The number of benzene rings is 1. The number of halogens is 2. The summed E-state index contributed by atoms with van der Waals surface area (Å²) in [6, 6.07) is 5.46. The van der Waals surface area contributed by atoms with Gasteiger partial charge in [0.2, 0.25) is 0 Å². The van der Waals surface area contributed by atoms with Crippen molar-refractivity contribution in [3.8, 4) is 5.75 Å². The van der Waals surface area contributed by atoms with E-state index in [9.17, 15) is 0 Å². The van der Waals surface area contributed by atoms with E-state index in [4.69, 9.17) is 22.1 Å². The van der Waals surface area contributed by atoms with E-state index in [-0.39, 0.29) is 18.4 Å². The van der Waals surface area contributed by atoms with E-state index in [0.717, 1.165) is 11.3 Å². The summed E-state index contributed by atoms with van der Waals surface area (Å²) in [5, 5.41) is 0.657. The van der Waals surface area contributed by atoms with Gasteiger partial charge in [-0.2, -0.15) is 0 Å². The van der Waals surface area contributed by atoms with E-state index in [2.05, 4.69) is 0 Å². The van der Waals surface area contributed by atoms with Gasteiger partial charge in [0.15, 0.2) is 0 Å². The lowest BCUT2D eigenvalue weighted by Gasteiger charge is -2.08. The SMILES string of the molecule is COc1ccc([C@@H](C)N)c(Cl)c1.Cl. The van der Waals surface area contributed by atoms with Crippen LogP contribution in [0, 0.1) is 0 Å². The molecule has 1 atom stereocenters. The predicted octanol–water partition coefficient (Wildman–Crippen LogP) is 2.79. The molecule has 13 heavy (non-hydrogen) atoms. The Morgan fingerprint density at radius 3 is 2.46 bits per heavy atom. The number of methoxy groups -OCH3 is 1. The Labute approximate surface area is 89.4 Å². The number of hydrogen-bond acceptors (Lipinski definition) is 2. The quantitative estimate of drug-likeness (QED) is 0.834. The van der Waals surface area contributed by atoms with Crippen molar-refractivity contribution in [2.24, 2.45) is 5.73 Å². The fourth-order valence-electron chi connectivity index (χ4n) is 1.00. The monoisotopic (exact) mass is 221 g/mol.